The SMILES string of the molecule is CC(C(=O)C=Cc1ccc(OC(=O)c2ccc(OC(F)C(F)CCF)cc2)cc1)C(O)(O)C(=O)C=Cc1ccc(OC(=O)c2ccc(OC(F)C(F)CCF)cc2)cc1. The first-order valence-corrected chi connectivity index (χ1v) is 17.9. The Morgan fingerprint density at radius 3 is 1.31 bits per heavy atom. The molecule has 0 heterocycles. The Morgan fingerprint density at radius 1 is 0.576 bits per heavy atom. The van der Waals surface area contributed by atoms with Crippen LogP contribution in [0.2, 0.25) is 0 Å². The van der Waals surface area contributed by atoms with Crippen molar-refractivity contribution in [3.8, 4) is 23.0 Å². The van der Waals surface area contributed by atoms with Gasteiger partial charge >= 0.3 is 11.9 Å². The zero-order valence-corrected chi connectivity index (χ0v) is 31.2. The first-order valence-electron chi connectivity index (χ1n) is 17.9. The number of carbonyl (C=O) groups excluding carboxylic acids is 4. The van der Waals surface area contributed by atoms with Crippen molar-refractivity contribution in [3.05, 3.63) is 131 Å². The molecule has 0 aromatic heterocycles. The molecule has 4 aromatic carbocycles. The molecule has 10 nitrogen and oxygen atoms in total. The number of hydrogen-bond donors (Lipinski definition) is 2. The van der Waals surface area contributed by atoms with Crippen LogP contribution in [0.3, 0.4) is 0 Å². The molecule has 0 aliphatic carbocycles. The predicted molar refractivity (Wildman–Crippen MR) is 202 cm³/mol. The fourth-order valence-corrected chi connectivity index (χ4v) is 4.87. The van der Waals surface area contributed by atoms with Gasteiger partial charge in [0.25, 0.3) is 12.7 Å². The number of carbonyl (C=O) groups is 4. The molecular weight excluding hydrogens is 790 g/mol. The maximum atomic E-state index is 13.7. The molecule has 5 atom stereocenters. The lowest BCUT2D eigenvalue weighted by molar-refractivity contribution is -0.196. The number of alkyl halides is 6. The van der Waals surface area contributed by atoms with E-state index in [1.807, 2.05) is 0 Å². The quantitative estimate of drug-likeness (QED) is 0.0278. The van der Waals surface area contributed by atoms with Crippen molar-refractivity contribution < 1.29 is 74.7 Å². The molecular formula is C43H38F6O10. The minimum absolute atomic E-state index is 0.0541. The highest BCUT2D eigenvalue weighted by molar-refractivity contribution is 6.05. The molecule has 2 N–H and O–H groups in total. The molecule has 0 aliphatic heterocycles. The average Bonchev–Trinajstić information content (AvgIpc) is 3.23. The van der Waals surface area contributed by atoms with E-state index in [9.17, 15) is 55.7 Å². The van der Waals surface area contributed by atoms with Gasteiger partial charge in [-0.2, -0.15) is 8.78 Å². The second-order valence-electron chi connectivity index (χ2n) is 12.8. The summed E-state index contributed by atoms with van der Waals surface area (Å²) in [6.45, 7) is -0.944. The summed E-state index contributed by atoms with van der Waals surface area (Å²) in [5.74, 6) is -8.19. The number of allylic oxidation sites excluding steroid dienone is 1. The van der Waals surface area contributed by atoms with Gasteiger partial charge in [0, 0.05) is 12.8 Å². The van der Waals surface area contributed by atoms with Crippen molar-refractivity contribution in [2.45, 2.75) is 50.6 Å². The molecule has 16 heteroatoms. The third kappa shape index (κ3) is 13.4. The van der Waals surface area contributed by atoms with Gasteiger partial charge in [-0.1, -0.05) is 36.4 Å². The van der Waals surface area contributed by atoms with Gasteiger partial charge < -0.3 is 29.2 Å². The van der Waals surface area contributed by atoms with Gasteiger partial charge in [-0.15, -0.1) is 0 Å². The van der Waals surface area contributed by atoms with Crippen LogP contribution in [0.4, 0.5) is 26.3 Å². The number of rotatable bonds is 21. The van der Waals surface area contributed by atoms with E-state index in [1.54, 1.807) is 0 Å². The topological polar surface area (TPSA) is 146 Å². The largest absolute Gasteiger partial charge is 0.457 e. The predicted octanol–water partition coefficient (Wildman–Crippen LogP) is 8.05. The molecule has 4 rings (SSSR count). The molecule has 0 saturated carbocycles. The van der Waals surface area contributed by atoms with E-state index >= 15 is 0 Å². The molecule has 0 radical (unpaired) electrons. The van der Waals surface area contributed by atoms with E-state index in [0.29, 0.717) is 11.1 Å². The molecule has 0 aliphatic rings. The number of esters is 2. The summed E-state index contributed by atoms with van der Waals surface area (Å²) in [6.07, 6.45) is -5.89. The zero-order valence-electron chi connectivity index (χ0n) is 31.2. The Labute approximate surface area is 334 Å². The van der Waals surface area contributed by atoms with Crippen LogP contribution in [-0.2, 0) is 9.59 Å². The van der Waals surface area contributed by atoms with Crippen molar-refractivity contribution in [1.29, 1.82) is 0 Å². The van der Waals surface area contributed by atoms with Crippen molar-refractivity contribution >= 4 is 35.7 Å². The van der Waals surface area contributed by atoms with Crippen LogP contribution in [0.1, 0.15) is 51.6 Å². The smallest absolute Gasteiger partial charge is 0.343 e. The summed E-state index contributed by atoms with van der Waals surface area (Å²) in [7, 11) is 0. The van der Waals surface area contributed by atoms with Gasteiger partial charge in [0.1, 0.15) is 23.0 Å². The number of aliphatic hydroxyl groups is 2. The molecule has 59 heavy (non-hydrogen) atoms. The van der Waals surface area contributed by atoms with Crippen molar-refractivity contribution in [1.82, 2.24) is 0 Å². The number of halogens is 6. The van der Waals surface area contributed by atoms with Crippen molar-refractivity contribution in [2.75, 3.05) is 13.3 Å². The molecule has 0 bridgehead atoms. The van der Waals surface area contributed by atoms with Crippen LogP contribution in [-0.4, -0.2) is 77.9 Å². The number of benzene rings is 4. The lowest BCUT2D eigenvalue weighted by atomic mass is 9.91. The molecule has 5 unspecified atom stereocenters. The van der Waals surface area contributed by atoms with Gasteiger partial charge in [-0.3, -0.25) is 18.4 Å². The Balaban J connectivity index is 1.25. The summed E-state index contributed by atoms with van der Waals surface area (Å²) in [6, 6.07) is 21.4. The second-order valence-corrected chi connectivity index (χ2v) is 12.8. The highest BCUT2D eigenvalue weighted by Crippen LogP contribution is 2.24. The van der Waals surface area contributed by atoms with Gasteiger partial charge in [0.05, 0.1) is 30.4 Å². The lowest BCUT2D eigenvalue weighted by Gasteiger charge is -2.23. The highest BCUT2D eigenvalue weighted by Gasteiger charge is 2.41. The minimum Gasteiger partial charge on any atom is -0.457 e. The van der Waals surface area contributed by atoms with Gasteiger partial charge in [-0.25, -0.2) is 18.4 Å². The fourth-order valence-electron chi connectivity index (χ4n) is 4.87. The summed E-state index contributed by atoms with van der Waals surface area (Å²) < 4.78 is 98.9. The Morgan fingerprint density at radius 2 is 0.932 bits per heavy atom. The van der Waals surface area contributed by atoms with E-state index in [4.69, 9.17) is 18.9 Å². The third-order valence-electron chi connectivity index (χ3n) is 8.46. The van der Waals surface area contributed by atoms with E-state index in [-0.39, 0.29) is 34.1 Å². The van der Waals surface area contributed by atoms with Crippen LogP contribution in [0.15, 0.2) is 109 Å². The Bertz CT molecular complexity index is 2070. The normalized spacial score (nSPS) is 14.3. The summed E-state index contributed by atoms with van der Waals surface area (Å²) >= 11 is 0. The van der Waals surface area contributed by atoms with E-state index in [0.717, 1.165) is 19.1 Å². The maximum Gasteiger partial charge on any atom is 0.343 e. The lowest BCUT2D eigenvalue weighted by Crippen LogP contribution is -2.46. The van der Waals surface area contributed by atoms with E-state index in [1.165, 1.54) is 109 Å². The molecule has 0 amide bonds. The summed E-state index contributed by atoms with van der Waals surface area (Å²) in [5, 5.41) is 21.1. The van der Waals surface area contributed by atoms with Crippen LogP contribution >= 0.6 is 0 Å². The Hall–Kier alpha value is -6.26. The number of hydrogen-bond acceptors (Lipinski definition) is 10. The Kier molecular flexibility index (Phi) is 16.5. The summed E-state index contributed by atoms with van der Waals surface area (Å²) in [4.78, 5) is 50.5. The van der Waals surface area contributed by atoms with Crippen molar-refractivity contribution in [3.63, 3.8) is 0 Å². The van der Waals surface area contributed by atoms with Crippen LogP contribution in [0, 0.1) is 5.92 Å². The van der Waals surface area contributed by atoms with Crippen LogP contribution in [0.5, 0.6) is 23.0 Å². The van der Waals surface area contributed by atoms with Gasteiger partial charge in [0.2, 0.25) is 11.6 Å². The highest BCUT2D eigenvalue weighted by atomic mass is 19.2. The molecule has 4 aromatic rings. The maximum absolute atomic E-state index is 13.7. The summed E-state index contributed by atoms with van der Waals surface area (Å²) in [5.41, 5.74) is 0.959. The van der Waals surface area contributed by atoms with Gasteiger partial charge in [-0.05, 0) is 103 Å². The third-order valence-corrected chi connectivity index (χ3v) is 8.46. The van der Waals surface area contributed by atoms with E-state index in [2.05, 4.69) is 0 Å². The standard InChI is InChI=1S/C43H38F6O10/c1-26(37(50)20-6-27-2-12-33(13-3-27)58-41(52)29-8-16-31(17-9-29)56-39(48)35(46)22-24-44)43(54,55)38(51)21-7-28-4-14-34(15-5-28)59-42(53)30-10-18-32(19-11-30)57-40(49)36(47)23-25-45/h2-21,26,35-36,39-40,54-55H,22-25H2,1H3. The molecule has 0 spiro atoms. The van der Waals surface area contributed by atoms with Crippen LogP contribution in [0.25, 0.3) is 12.2 Å². The molecule has 0 fully saturated rings. The fraction of sp³-hybridized carbons (Fsp3) is 0.256. The van der Waals surface area contributed by atoms with E-state index < -0.39 is 86.5 Å². The zero-order chi connectivity index (χ0) is 43.1. The van der Waals surface area contributed by atoms with Gasteiger partial charge in [0.15, 0.2) is 18.1 Å². The monoisotopic (exact) mass is 828 g/mol. The van der Waals surface area contributed by atoms with Crippen LogP contribution < -0.4 is 18.9 Å². The second kappa shape index (κ2) is 21.5. The molecule has 312 valence electrons. The number of ether oxygens (including phenoxy) is 4. The first kappa shape index (κ1) is 45.4. The first-order chi connectivity index (χ1) is 28.1. The minimum atomic E-state index is -3.08. The number of ketones is 2. The van der Waals surface area contributed by atoms with Crippen molar-refractivity contribution in [2.24, 2.45) is 5.92 Å². The molecule has 0 saturated heterocycles. The average molecular weight is 829 g/mol.